The first-order chi connectivity index (χ1) is 6.89. The van der Waals surface area contributed by atoms with Gasteiger partial charge >= 0.3 is 7.60 Å². The van der Waals surface area contributed by atoms with Crippen molar-refractivity contribution in [1.29, 1.82) is 0 Å². The van der Waals surface area contributed by atoms with Crippen LogP contribution >= 0.6 is 7.60 Å². The summed E-state index contributed by atoms with van der Waals surface area (Å²) in [5, 5.41) is 8.41. The van der Waals surface area contributed by atoms with Crippen LogP contribution in [0.1, 0.15) is 20.3 Å². The standard InChI is InChI=1S/C8H17F2O4P/c1-3-13-15(12,14-4-2)7-8(9,10)5-6-11/h11H,3-7H2,1-2H3. The van der Waals surface area contributed by atoms with Crippen LogP contribution in [0.25, 0.3) is 0 Å². The summed E-state index contributed by atoms with van der Waals surface area (Å²) in [6.45, 7) is 2.54. The van der Waals surface area contributed by atoms with Gasteiger partial charge in [0.15, 0.2) is 0 Å². The van der Waals surface area contributed by atoms with E-state index in [-0.39, 0.29) is 13.2 Å². The summed E-state index contributed by atoms with van der Waals surface area (Å²) in [6.07, 6.45) is -1.72. The first-order valence-electron chi connectivity index (χ1n) is 4.76. The van der Waals surface area contributed by atoms with E-state index in [1.54, 1.807) is 13.8 Å². The SMILES string of the molecule is CCOP(=O)(CC(F)(F)CCO)OCC. The van der Waals surface area contributed by atoms with E-state index in [0.717, 1.165) is 0 Å². The fourth-order valence-electron chi connectivity index (χ4n) is 1.05. The molecule has 0 amide bonds. The molecule has 0 rings (SSSR count). The molecule has 7 heteroatoms. The Balaban J connectivity index is 4.45. The van der Waals surface area contributed by atoms with E-state index < -0.39 is 32.7 Å². The topological polar surface area (TPSA) is 55.8 Å². The molecule has 0 atom stereocenters. The highest BCUT2D eigenvalue weighted by Gasteiger charge is 2.40. The summed E-state index contributed by atoms with van der Waals surface area (Å²) >= 11 is 0. The third-order valence-corrected chi connectivity index (χ3v) is 3.71. The largest absolute Gasteiger partial charge is 0.396 e. The molecule has 92 valence electrons. The van der Waals surface area contributed by atoms with Crippen molar-refractivity contribution in [3.8, 4) is 0 Å². The highest BCUT2D eigenvalue weighted by Crippen LogP contribution is 2.52. The summed E-state index contributed by atoms with van der Waals surface area (Å²) in [5.74, 6) is -3.23. The predicted octanol–water partition coefficient (Wildman–Crippen LogP) is 2.27. The maximum atomic E-state index is 13.1. The van der Waals surface area contributed by atoms with E-state index in [0.29, 0.717) is 0 Å². The Morgan fingerprint density at radius 1 is 1.27 bits per heavy atom. The lowest BCUT2D eigenvalue weighted by Crippen LogP contribution is -2.24. The molecule has 0 saturated carbocycles. The van der Waals surface area contributed by atoms with E-state index in [1.807, 2.05) is 0 Å². The number of rotatable bonds is 8. The van der Waals surface area contributed by atoms with Gasteiger partial charge in [0.05, 0.1) is 13.2 Å². The zero-order valence-electron chi connectivity index (χ0n) is 8.91. The molecular formula is C8H17F2O4P. The monoisotopic (exact) mass is 246 g/mol. The third kappa shape index (κ3) is 6.20. The van der Waals surface area contributed by atoms with E-state index in [9.17, 15) is 13.3 Å². The van der Waals surface area contributed by atoms with Gasteiger partial charge < -0.3 is 14.2 Å². The van der Waals surface area contributed by atoms with Crippen LogP contribution in [0.5, 0.6) is 0 Å². The second-order valence-electron chi connectivity index (χ2n) is 2.93. The number of alkyl halides is 2. The van der Waals surface area contributed by atoms with Crippen molar-refractivity contribution in [2.75, 3.05) is 26.0 Å². The van der Waals surface area contributed by atoms with E-state index in [1.165, 1.54) is 0 Å². The Labute approximate surface area is 88.1 Å². The molecule has 4 nitrogen and oxygen atoms in total. The molecule has 0 radical (unpaired) electrons. The van der Waals surface area contributed by atoms with E-state index in [4.69, 9.17) is 14.2 Å². The third-order valence-electron chi connectivity index (χ3n) is 1.55. The normalized spacial score (nSPS) is 13.1. The van der Waals surface area contributed by atoms with Crippen molar-refractivity contribution in [3.05, 3.63) is 0 Å². The number of aliphatic hydroxyl groups is 1. The van der Waals surface area contributed by atoms with Gasteiger partial charge in [0.2, 0.25) is 0 Å². The van der Waals surface area contributed by atoms with E-state index >= 15 is 0 Å². The second kappa shape index (κ2) is 6.53. The van der Waals surface area contributed by atoms with Crippen LogP contribution in [0.4, 0.5) is 8.78 Å². The molecule has 1 N–H and O–H groups in total. The van der Waals surface area contributed by atoms with Gasteiger partial charge in [0, 0.05) is 13.0 Å². The minimum Gasteiger partial charge on any atom is -0.396 e. The number of aliphatic hydroxyl groups excluding tert-OH is 1. The van der Waals surface area contributed by atoms with Gasteiger partial charge in [-0.05, 0) is 13.8 Å². The molecule has 0 aliphatic carbocycles. The Morgan fingerprint density at radius 2 is 1.73 bits per heavy atom. The van der Waals surface area contributed by atoms with Gasteiger partial charge in [0.25, 0.3) is 5.92 Å². The first-order valence-corrected chi connectivity index (χ1v) is 6.48. The van der Waals surface area contributed by atoms with Crippen molar-refractivity contribution in [1.82, 2.24) is 0 Å². The number of halogens is 2. The molecule has 15 heavy (non-hydrogen) atoms. The van der Waals surface area contributed by atoms with Crippen molar-refractivity contribution >= 4 is 7.60 Å². The lowest BCUT2D eigenvalue weighted by Gasteiger charge is -2.22. The molecular weight excluding hydrogens is 229 g/mol. The van der Waals surface area contributed by atoms with Gasteiger partial charge in [-0.25, -0.2) is 8.78 Å². The Hall–Kier alpha value is -0.0300. The maximum absolute atomic E-state index is 13.1. The molecule has 0 aromatic carbocycles. The zero-order valence-corrected chi connectivity index (χ0v) is 9.81. The fraction of sp³-hybridized carbons (Fsp3) is 1.00. The van der Waals surface area contributed by atoms with Crippen molar-refractivity contribution in [2.24, 2.45) is 0 Å². The lowest BCUT2D eigenvalue weighted by molar-refractivity contribution is -0.00476. The zero-order chi connectivity index (χ0) is 11.9. The van der Waals surface area contributed by atoms with Crippen molar-refractivity contribution in [2.45, 2.75) is 26.2 Å². The molecule has 0 aliphatic rings. The molecule has 0 aromatic rings. The van der Waals surface area contributed by atoms with Crippen LogP contribution in [0.3, 0.4) is 0 Å². The fourth-order valence-corrected chi connectivity index (χ4v) is 2.82. The van der Waals surface area contributed by atoms with Crippen LogP contribution in [0.15, 0.2) is 0 Å². The van der Waals surface area contributed by atoms with Crippen molar-refractivity contribution in [3.63, 3.8) is 0 Å². The Bertz CT molecular complexity index is 213. The Morgan fingerprint density at radius 3 is 2.07 bits per heavy atom. The summed E-state index contributed by atoms with van der Waals surface area (Å²) in [5.41, 5.74) is 0. The highest BCUT2D eigenvalue weighted by molar-refractivity contribution is 7.53. The lowest BCUT2D eigenvalue weighted by atomic mass is 10.3. The maximum Gasteiger partial charge on any atom is 0.336 e. The van der Waals surface area contributed by atoms with Crippen LogP contribution in [0.2, 0.25) is 0 Å². The van der Waals surface area contributed by atoms with Gasteiger partial charge in [0.1, 0.15) is 6.16 Å². The predicted molar refractivity (Wildman–Crippen MR) is 52.4 cm³/mol. The van der Waals surface area contributed by atoms with Crippen LogP contribution < -0.4 is 0 Å². The molecule has 0 heterocycles. The Kier molecular flexibility index (Phi) is 6.52. The minimum absolute atomic E-state index is 0.0481. The summed E-state index contributed by atoms with van der Waals surface area (Å²) < 4.78 is 47.3. The molecule has 0 aliphatic heterocycles. The molecule has 0 unspecified atom stereocenters. The van der Waals surface area contributed by atoms with Gasteiger partial charge in [-0.2, -0.15) is 0 Å². The summed E-state index contributed by atoms with van der Waals surface area (Å²) in [7, 11) is -3.73. The van der Waals surface area contributed by atoms with Crippen molar-refractivity contribution < 1.29 is 27.5 Å². The number of hydrogen-bond donors (Lipinski definition) is 1. The minimum atomic E-state index is -3.73. The summed E-state index contributed by atoms with van der Waals surface area (Å²) in [4.78, 5) is 0. The molecule has 0 fully saturated rings. The van der Waals surface area contributed by atoms with E-state index in [2.05, 4.69) is 0 Å². The molecule has 0 bridgehead atoms. The van der Waals surface area contributed by atoms with Crippen LogP contribution in [0, 0.1) is 0 Å². The quantitative estimate of drug-likeness (QED) is 0.667. The molecule has 0 saturated heterocycles. The average Bonchev–Trinajstić information content (AvgIpc) is 2.02. The molecule has 0 spiro atoms. The summed E-state index contributed by atoms with van der Waals surface area (Å²) in [6, 6.07) is 0. The molecule has 0 aromatic heterocycles. The average molecular weight is 246 g/mol. The first kappa shape index (κ1) is 15.0. The van der Waals surface area contributed by atoms with Gasteiger partial charge in [-0.3, -0.25) is 4.57 Å². The van der Waals surface area contributed by atoms with Crippen LogP contribution in [-0.4, -0.2) is 37.0 Å². The van der Waals surface area contributed by atoms with Crippen LogP contribution in [-0.2, 0) is 13.6 Å². The van der Waals surface area contributed by atoms with Gasteiger partial charge in [-0.1, -0.05) is 0 Å². The number of hydrogen-bond acceptors (Lipinski definition) is 4. The smallest absolute Gasteiger partial charge is 0.336 e. The second-order valence-corrected chi connectivity index (χ2v) is 4.99. The highest BCUT2D eigenvalue weighted by atomic mass is 31.2. The van der Waals surface area contributed by atoms with Gasteiger partial charge in [-0.15, -0.1) is 0 Å².